The summed E-state index contributed by atoms with van der Waals surface area (Å²) in [7, 11) is 0. The third-order valence-corrected chi connectivity index (χ3v) is 1.88. The maximum absolute atomic E-state index is 11.2. The number of nitrogens with one attached hydrogen (secondary N) is 1. The van der Waals surface area contributed by atoms with Crippen LogP contribution in [0.15, 0.2) is 34.8 Å². The van der Waals surface area contributed by atoms with E-state index in [1.807, 2.05) is 0 Å². The summed E-state index contributed by atoms with van der Waals surface area (Å²) in [6.07, 6.45) is 4.50. The zero-order valence-electron chi connectivity index (χ0n) is 6.64. The van der Waals surface area contributed by atoms with Crippen molar-refractivity contribution in [2.75, 3.05) is 0 Å². The van der Waals surface area contributed by atoms with Crippen molar-refractivity contribution < 1.29 is 4.79 Å². The minimum absolute atomic E-state index is 0.525. The summed E-state index contributed by atoms with van der Waals surface area (Å²) in [5.74, 6) is -0.575. The first kappa shape index (κ1) is 7.66. The minimum atomic E-state index is -1.18. The van der Waals surface area contributed by atoms with Gasteiger partial charge in [-0.2, -0.15) is 15.3 Å². The van der Waals surface area contributed by atoms with Gasteiger partial charge in [-0.05, 0) is 12.1 Å². The first-order valence-electron chi connectivity index (χ1n) is 3.65. The molecular formula is C7H7N5O. The van der Waals surface area contributed by atoms with Crippen LogP contribution in [0.1, 0.15) is 5.69 Å². The van der Waals surface area contributed by atoms with Gasteiger partial charge in [-0.25, -0.2) is 0 Å². The molecule has 0 radical (unpaired) electrons. The molecule has 0 fully saturated rings. The van der Waals surface area contributed by atoms with Crippen LogP contribution in [-0.4, -0.2) is 16.1 Å². The molecule has 0 aliphatic carbocycles. The molecule has 6 heteroatoms. The number of hydrogen-bond acceptors (Lipinski definition) is 4. The van der Waals surface area contributed by atoms with Gasteiger partial charge in [0.25, 0.3) is 5.91 Å². The zero-order valence-corrected chi connectivity index (χ0v) is 6.64. The Morgan fingerprint density at radius 1 is 1.62 bits per heavy atom. The van der Waals surface area contributed by atoms with Crippen molar-refractivity contribution in [3.63, 3.8) is 0 Å². The molecule has 2 heterocycles. The molecule has 1 unspecified atom stereocenters. The van der Waals surface area contributed by atoms with Gasteiger partial charge in [0.2, 0.25) is 5.54 Å². The summed E-state index contributed by atoms with van der Waals surface area (Å²) in [5, 5.41) is 13.8. The van der Waals surface area contributed by atoms with E-state index in [0.29, 0.717) is 5.69 Å². The van der Waals surface area contributed by atoms with Crippen LogP contribution in [0, 0.1) is 0 Å². The van der Waals surface area contributed by atoms with Crippen molar-refractivity contribution in [3.05, 3.63) is 30.2 Å². The van der Waals surface area contributed by atoms with Crippen molar-refractivity contribution in [2.24, 2.45) is 16.0 Å². The fourth-order valence-electron chi connectivity index (χ4n) is 1.17. The molecule has 6 nitrogen and oxygen atoms in total. The Labute approximate surface area is 73.5 Å². The minimum Gasteiger partial charge on any atom is -0.367 e. The van der Waals surface area contributed by atoms with Crippen LogP contribution in [0.3, 0.4) is 0 Å². The summed E-state index contributed by atoms with van der Waals surface area (Å²) < 4.78 is 0. The van der Waals surface area contributed by atoms with Gasteiger partial charge in [0.15, 0.2) is 0 Å². The van der Waals surface area contributed by atoms with Crippen molar-refractivity contribution in [2.45, 2.75) is 5.54 Å². The quantitative estimate of drug-likeness (QED) is 0.668. The largest absolute Gasteiger partial charge is 0.367 e. The normalized spacial score (nSPS) is 25.2. The highest BCUT2D eigenvalue weighted by atomic mass is 16.1. The lowest BCUT2D eigenvalue weighted by molar-refractivity contribution is -0.121. The Bertz CT molecular complexity index is 366. The fraction of sp³-hybridized carbons (Fsp3) is 0.143. The van der Waals surface area contributed by atoms with Gasteiger partial charge < -0.3 is 5.73 Å². The summed E-state index contributed by atoms with van der Waals surface area (Å²) in [5.41, 5.74) is 4.57. The molecule has 0 aromatic carbocycles. The van der Waals surface area contributed by atoms with Crippen molar-refractivity contribution in [3.8, 4) is 0 Å². The molecule has 13 heavy (non-hydrogen) atoms. The number of carbonyl (C=O) groups excluding carboxylic acids is 1. The summed E-state index contributed by atoms with van der Waals surface area (Å²) in [6.45, 7) is 0. The molecular weight excluding hydrogens is 170 g/mol. The van der Waals surface area contributed by atoms with E-state index in [-0.39, 0.29) is 0 Å². The molecule has 1 aliphatic heterocycles. The van der Waals surface area contributed by atoms with Gasteiger partial charge in [0.05, 0.1) is 5.69 Å². The van der Waals surface area contributed by atoms with E-state index in [1.165, 1.54) is 18.5 Å². The van der Waals surface area contributed by atoms with Crippen LogP contribution in [0.4, 0.5) is 0 Å². The Morgan fingerprint density at radius 2 is 2.46 bits per heavy atom. The fourth-order valence-corrected chi connectivity index (χ4v) is 1.17. The van der Waals surface area contributed by atoms with E-state index in [9.17, 15) is 4.79 Å². The smallest absolute Gasteiger partial charge is 0.257 e. The molecule has 66 valence electrons. The maximum Gasteiger partial charge on any atom is 0.257 e. The predicted molar refractivity (Wildman–Crippen MR) is 43.5 cm³/mol. The van der Waals surface area contributed by atoms with Crippen molar-refractivity contribution in [1.82, 2.24) is 10.2 Å². The number of amides is 1. The van der Waals surface area contributed by atoms with Gasteiger partial charge in [0.1, 0.15) is 0 Å². The Hall–Kier alpha value is -1.98. The molecule has 0 saturated heterocycles. The van der Waals surface area contributed by atoms with Crippen LogP contribution >= 0.6 is 0 Å². The first-order valence-corrected chi connectivity index (χ1v) is 3.65. The maximum atomic E-state index is 11.2. The highest BCUT2D eigenvalue weighted by Crippen LogP contribution is 2.29. The highest BCUT2D eigenvalue weighted by molar-refractivity contribution is 5.88. The number of H-pyrrole nitrogens is 1. The van der Waals surface area contributed by atoms with E-state index in [4.69, 9.17) is 5.73 Å². The van der Waals surface area contributed by atoms with E-state index in [1.54, 1.807) is 6.07 Å². The number of nitrogens with two attached hydrogens (primary N) is 1. The van der Waals surface area contributed by atoms with Crippen LogP contribution in [0.25, 0.3) is 0 Å². The Balaban J connectivity index is 2.53. The van der Waals surface area contributed by atoms with Gasteiger partial charge in [-0.3, -0.25) is 9.89 Å². The SMILES string of the molecule is NC(=O)C1(c2ccn[nH]2)C=CN=N1. The Kier molecular flexibility index (Phi) is 1.48. The number of rotatable bonds is 2. The number of nitrogens with zero attached hydrogens (tertiary/aromatic N) is 3. The molecule has 1 amide bonds. The molecule has 0 saturated carbocycles. The average molecular weight is 177 g/mol. The van der Waals surface area contributed by atoms with E-state index in [0.717, 1.165) is 0 Å². The van der Waals surface area contributed by atoms with Crippen LogP contribution in [-0.2, 0) is 10.3 Å². The second kappa shape index (κ2) is 2.51. The van der Waals surface area contributed by atoms with E-state index < -0.39 is 11.4 Å². The molecule has 2 rings (SSSR count). The number of aromatic nitrogens is 2. The Morgan fingerprint density at radius 3 is 2.92 bits per heavy atom. The predicted octanol–water partition coefficient (Wildman–Crippen LogP) is 0.0698. The lowest BCUT2D eigenvalue weighted by atomic mass is 9.96. The van der Waals surface area contributed by atoms with Crippen LogP contribution < -0.4 is 5.73 Å². The van der Waals surface area contributed by atoms with Crippen LogP contribution in [0.5, 0.6) is 0 Å². The van der Waals surface area contributed by atoms with Gasteiger partial charge in [-0.15, -0.1) is 0 Å². The van der Waals surface area contributed by atoms with Gasteiger partial charge in [0, 0.05) is 12.4 Å². The molecule has 0 spiro atoms. The topological polar surface area (TPSA) is 96.5 Å². The highest BCUT2D eigenvalue weighted by Gasteiger charge is 2.39. The summed E-state index contributed by atoms with van der Waals surface area (Å²) in [6, 6.07) is 1.64. The molecule has 1 atom stereocenters. The summed E-state index contributed by atoms with van der Waals surface area (Å²) >= 11 is 0. The van der Waals surface area contributed by atoms with Crippen molar-refractivity contribution in [1.29, 1.82) is 0 Å². The third kappa shape index (κ3) is 0.952. The lowest BCUT2D eigenvalue weighted by Gasteiger charge is -2.15. The monoisotopic (exact) mass is 177 g/mol. The van der Waals surface area contributed by atoms with Gasteiger partial charge in [-0.1, -0.05) is 0 Å². The molecule has 3 N–H and O–H groups in total. The van der Waals surface area contributed by atoms with E-state index in [2.05, 4.69) is 20.4 Å². The lowest BCUT2D eigenvalue weighted by Crippen LogP contribution is -2.37. The molecule has 1 aliphatic rings. The van der Waals surface area contributed by atoms with E-state index >= 15 is 0 Å². The second-order valence-corrected chi connectivity index (χ2v) is 2.63. The standard InChI is InChI=1S/C7H7N5O/c8-6(13)7(2-4-10-12-7)5-1-3-9-11-5/h1-4H,(H2,8,13)(H,9,11). The number of aromatic amines is 1. The molecule has 0 bridgehead atoms. The van der Waals surface area contributed by atoms with Crippen LogP contribution in [0.2, 0.25) is 0 Å². The number of carbonyl (C=O) groups is 1. The first-order chi connectivity index (χ1) is 6.26. The van der Waals surface area contributed by atoms with Crippen molar-refractivity contribution >= 4 is 5.91 Å². The second-order valence-electron chi connectivity index (χ2n) is 2.63. The molecule has 1 aromatic heterocycles. The zero-order chi connectivity index (χ0) is 9.31. The number of hydrogen-bond donors (Lipinski definition) is 2. The number of azo groups is 1. The summed E-state index contributed by atoms with van der Waals surface area (Å²) in [4.78, 5) is 11.2. The third-order valence-electron chi connectivity index (χ3n) is 1.88. The number of primary amides is 1. The van der Waals surface area contributed by atoms with Gasteiger partial charge >= 0.3 is 0 Å². The average Bonchev–Trinajstić information content (AvgIpc) is 2.75. The molecule has 1 aromatic rings.